The van der Waals surface area contributed by atoms with E-state index in [9.17, 15) is 8.42 Å². The second-order valence-corrected chi connectivity index (χ2v) is 9.52. The first-order valence-corrected chi connectivity index (χ1v) is 9.54. The van der Waals surface area contributed by atoms with Gasteiger partial charge in [-0.3, -0.25) is 4.90 Å². The van der Waals surface area contributed by atoms with Crippen LogP contribution in [0, 0.1) is 0 Å². The molecule has 118 valence electrons. The summed E-state index contributed by atoms with van der Waals surface area (Å²) >= 11 is 6.63. The lowest BCUT2D eigenvalue weighted by atomic mass is 10.0. The van der Waals surface area contributed by atoms with Crippen molar-refractivity contribution >= 4 is 47.6 Å². The van der Waals surface area contributed by atoms with Crippen LogP contribution in [0.2, 0.25) is 0 Å². The maximum Gasteiger partial charge on any atom is 0.246 e. The second-order valence-electron chi connectivity index (χ2n) is 5.88. The average molecular weight is 441 g/mol. The smallest absolute Gasteiger partial charge is 0.246 e. The van der Waals surface area contributed by atoms with Crippen molar-refractivity contribution in [1.82, 2.24) is 9.21 Å². The molecule has 0 aliphatic carbocycles. The number of piperazine rings is 1. The van der Waals surface area contributed by atoms with Gasteiger partial charge in [0.2, 0.25) is 10.0 Å². The number of nitrogen functional groups attached to an aromatic ring is 1. The fourth-order valence-electron chi connectivity index (χ4n) is 2.38. The van der Waals surface area contributed by atoms with E-state index in [4.69, 9.17) is 5.73 Å². The Morgan fingerprint density at radius 1 is 1.24 bits per heavy atom. The summed E-state index contributed by atoms with van der Waals surface area (Å²) in [7, 11) is -1.61. The largest absolute Gasteiger partial charge is 0.398 e. The lowest BCUT2D eigenvalue weighted by Gasteiger charge is -2.44. The van der Waals surface area contributed by atoms with E-state index in [-0.39, 0.29) is 16.1 Å². The van der Waals surface area contributed by atoms with Gasteiger partial charge in [0.1, 0.15) is 4.90 Å². The fraction of sp³-hybridized carbons (Fsp3) is 0.538. The van der Waals surface area contributed by atoms with E-state index in [1.165, 1.54) is 4.31 Å². The normalized spacial score (nSPS) is 20.6. The molecule has 2 N–H and O–H groups in total. The number of anilines is 1. The highest BCUT2D eigenvalue weighted by Crippen LogP contribution is 2.35. The van der Waals surface area contributed by atoms with Gasteiger partial charge in [0.15, 0.2) is 0 Å². The summed E-state index contributed by atoms with van der Waals surface area (Å²) in [4.78, 5) is 2.31. The Morgan fingerprint density at radius 3 is 2.38 bits per heavy atom. The third kappa shape index (κ3) is 3.29. The van der Waals surface area contributed by atoms with Crippen LogP contribution in [-0.2, 0) is 10.0 Å². The standard InChI is InChI=1S/C13H19Br2N3O2S/c1-13(2)8-18(5-4-17(13)3)21(19,20)12-10(15)6-9(14)7-11(12)16/h6-7H,4-5,8,16H2,1-3H3. The molecule has 0 atom stereocenters. The van der Waals surface area contributed by atoms with Gasteiger partial charge < -0.3 is 5.73 Å². The van der Waals surface area contributed by atoms with Gasteiger partial charge in [0.05, 0.1) is 5.69 Å². The zero-order valence-electron chi connectivity index (χ0n) is 12.2. The molecule has 1 aliphatic rings. The highest BCUT2D eigenvalue weighted by atomic mass is 79.9. The van der Waals surface area contributed by atoms with Crippen LogP contribution in [-0.4, -0.2) is 49.8 Å². The summed E-state index contributed by atoms with van der Waals surface area (Å²) in [6.45, 7) is 5.67. The van der Waals surface area contributed by atoms with Crippen LogP contribution in [0.5, 0.6) is 0 Å². The number of rotatable bonds is 2. The average Bonchev–Trinajstić information content (AvgIpc) is 2.30. The molecule has 0 radical (unpaired) electrons. The number of halogens is 2. The van der Waals surface area contributed by atoms with Gasteiger partial charge >= 0.3 is 0 Å². The highest BCUT2D eigenvalue weighted by molar-refractivity contribution is 9.11. The van der Waals surface area contributed by atoms with Crippen LogP contribution in [0.15, 0.2) is 26.0 Å². The van der Waals surface area contributed by atoms with E-state index < -0.39 is 10.0 Å². The molecule has 0 bridgehead atoms. The molecule has 21 heavy (non-hydrogen) atoms. The Bertz CT molecular complexity index is 638. The van der Waals surface area contributed by atoms with Crippen molar-refractivity contribution < 1.29 is 8.42 Å². The molecule has 8 heteroatoms. The SMILES string of the molecule is CN1CCN(S(=O)(=O)c2c(N)cc(Br)cc2Br)CC1(C)C. The van der Waals surface area contributed by atoms with Crippen LogP contribution in [0.1, 0.15) is 13.8 Å². The lowest BCUT2D eigenvalue weighted by Crippen LogP contribution is -2.58. The molecule has 1 aliphatic heterocycles. The Kier molecular flexibility index (Phi) is 4.76. The third-order valence-corrected chi connectivity index (χ3v) is 7.23. The van der Waals surface area contributed by atoms with Gasteiger partial charge in [0, 0.05) is 34.1 Å². The number of hydrogen-bond donors (Lipinski definition) is 1. The van der Waals surface area contributed by atoms with Crippen LogP contribution in [0.25, 0.3) is 0 Å². The summed E-state index contributed by atoms with van der Waals surface area (Å²) in [6.07, 6.45) is 0. The molecule has 0 unspecified atom stereocenters. The summed E-state index contributed by atoms with van der Waals surface area (Å²) in [5, 5.41) is 0. The predicted molar refractivity (Wildman–Crippen MR) is 91.7 cm³/mol. The molecule has 2 rings (SSSR count). The van der Waals surface area contributed by atoms with Gasteiger partial charge in [-0.25, -0.2) is 8.42 Å². The number of nitrogens with zero attached hydrogens (tertiary/aromatic N) is 2. The van der Waals surface area contributed by atoms with Crippen LogP contribution >= 0.6 is 31.9 Å². The van der Waals surface area contributed by atoms with Crippen molar-refractivity contribution in [3.8, 4) is 0 Å². The maximum atomic E-state index is 12.9. The minimum absolute atomic E-state index is 0.144. The molecule has 1 aromatic carbocycles. The third-order valence-electron chi connectivity index (χ3n) is 3.92. The van der Waals surface area contributed by atoms with Gasteiger partial charge in [-0.05, 0) is 49.0 Å². The first kappa shape index (κ1) is 17.2. The molecule has 0 saturated carbocycles. The first-order valence-electron chi connectivity index (χ1n) is 6.51. The number of nitrogens with two attached hydrogens (primary N) is 1. The quantitative estimate of drug-likeness (QED) is 0.717. The van der Waals surface area contributed by atoms with Crippen molar-refractivity contribution in [1.29, 1.82) is 0 Å². The molecule has 5 nitrogen and oxygen atoms in total. The van der Waals surface area contributed by atoms with Gasteiger partial charge in [0.25, 0.3) is 0 Å². The maximum absolute atomic E-state index is 12.9. The summed E-state index contributed by atoms with van der Waals surface area (Å²) in [5.74, 6) is 0. The molecule has 1 fully saturated rings. The van der Waals surface area contributed by atoms with Crippen molar-refractivity contribution in [3.05, 3.63) is 21.1 Å². The Labute approximate surface area is 142 Å². The topological polar surface area (TPSA) is 66.6 Å². The van der Waals surface area contributed by atoms with Gasteiger partial charge in [-0.15, -0.1) is 0 Å². The number of hydrogen-bond acceptors (Lipinski definition) is 4. The molecule has 0 spiro atoms. The van der Waals surface area contributed by atoms with Gasteiger partial charge in [-0.2, -0.15) is 4.31 Å². The molecular formula is C13H19Br2N3O2S. The van der Waals surface area contributed by atoms with Crippen LogP contribution in [0.3, 0.4) is 0 Å². The second kappa shape index (κ2) is 5.81. The van der Waals surface area contributed by atoms with E-state index in [1.54, 1.807) is 12.1 Å². The molecule has 1 saturated heterocycles. The van der Waals surface area contributed by atoms with Crippen LogP contribution in [0.4, 0.5) is 5.69 Å². The highest BCUT2D eigenvalue weighted by Gasteiger charge is 2.38. The van der Waals surface area contributed by atoms with Gasteiger partial charge in [-0.1, -0.05) is 15.9 Å². The minimum atomic E-state index is -3.62. The number of benzene rings is 1. The monoisotopic (exact) mass is 439 g/mol. The Hall–Kier alpha value is -0.150. The number of likely N-dealkylation sites (N-methyl/N-ethyl adjacent to an activating group) is 1. The lowest BCUT2D eigenvalue weighted by molar-refractivity contribution is 0.0801. The molecular weight excluding hydrogens is 422 g/mol. The van der Waals surface area contributed by atoms with Crippen LogP contribution < -0.4 is 5.73 Å². The first-order chi connectivity index (χ1) is 9.55. The van der Waals surface area contributed by atoms with Crippen molar-refractivity contribution in [2.75, 3.05) is 32.4 Å². The van der Waals surface area contributed by atoms with E-state index >= 15 is 0 Å². The van der Waals surface area contributed by atoms with E-state index in [2.05, 4.69) is 36.8 Å². The summed E-state index contributed by atoms with van der Waals surface area (Å²) in [6, 6.07) is 3.31. The molecule has 0 aromatic heterocycles. The zero-order valence-corrected chi connectivity index (χ0v) is 16.2. The molecule has 1 aromatic rings. The number of sulfonamides is 1. The molecule has 0 amide bonds. The fourth-order valence-corrected chi connectivity index (χ4v) is 5.98. The molecule has 1 heterocycles. The summed E-state index contributed by atoms with van der Waals surface area (Å²) in [5.41, 5.74) is 5.97. The predicted octanol–water partition coefficient (Wildman–Crippen LogP) is 2.51. The van der Waals surface area contributed by atoms with E-state index in [0.29, 0.717) is 24.1 Å². The van der Waals surface area contributed by atoms with Crippen molar-refractivity contribution in [3.63, 3.8) is 0 Å². The van der Waals surface area contributed by atoms with Crippen molar-refractivity contribution in [2.45, 2.75) is 24.3 Å². The minimum Gasteiger partial charge on any atom is -0.398 e. The Balaban J connectivity index is 2.44. The van der Waals surface area contributed by atoms with E-state index in [0.717, 1.165) is 4.47 Å². The van der Waals surface area contributed by atoms with Crippen molar-refractivity contribution in [2.24, 2.45) is 0 Å². The zero-order chi connectivity index (χ0) is 16.0. The van der Waals surface area contributed by atoms with E-state index in [1.807, 2.05) is 20.9 Å². The summed E-state index contributed by atoms with van der Waals surface area (Å²) < 4.78 is 28.6. The Morgan fingerprint density at radius 2 is 1.86 bits per heavy atom.